The van der Waals surface area contributed by atoms with Gasteiger partial charge in [0.1, 0.15) is 6.17 Å². The Morgan fingerprint density at radius 1 is 1.29 bits per heavy atom. The number of carbonyl (C=O) groups is 1. The van der Waals surface area contributed by atoms with Crippen LogP contribution in [-0.4, -0.2) is 36.0 Å². The van der Waals surface area contributed by atoms with Crippen molar-refractivity contribution in [2.24, 2.45) is 0 Å². The molecule has 2 heterocycles. The zero-order valence-electron chi connectivity index (χ0n) is 10.2. The van der Waals surface area contributed by atoms with Crippen molar-refractivity contribution in [3.05, 3.63) is 30.3 Å². The first-order valence-electron chi connectivity index (χ1n) is 6.35. The van der Waals surface area contributed by atoms with Crippen molar-refractivity contribution in [1.29, 1.82) is 0 Å². The first-order valence-corrected chi connectivity index (χ1v) is 6.35. The van der Waals surface area contributed by atoms with E-state index < -0.39 is 0 Å². The zero-order valence-corrected chi connectivity index (χ0v) is 10.2. The van der Waals surface area contributed by atoms with E-state index in [2.05, 4.69) is 21.9 Å². The van der Waals surface area contributed by atoms with Gasteiger partial charge in [-0.3, -0.25) is 9.69 Å². The van der Waals surface area contributed by atoms with E-state index in [4.69, 9.17) is 0 Å². The van der Waals surface area contributed by atoms with Crippen LogP contribution in [0.1, 0.15) is 19.8 Å². The highest BCUT2D eigenvalue weighted by atomic mass is 16.1. The lowest BCUT2D eigenvalue weighted by Gasteiger charge is -2.28. The summed E-state index contributed by atoms with van der Waals surface area (Å²) in [7, 11) is 0. The topological polar surface area (TPSA) is 23.6 Å². The number of hydrogen-bond donors (Lipinski definition) is 0. The molecule has 0 radical (unpaired) electrons. The van der Waals surface area contributed by atoms with Crippen LogP contribution in [0.2, 0.25) is 0 Å². The van der Waals surface area contributed by atoms with Crippen LogP contribution in [0.3, 0.4) is 0 Å². The van der Waals surface area contributed by atoms with Crippen LogP contribution < -0.4 is 4.90 Å². The van der Waals surface area contributed by atoms with E-state index in [0.717, 1.165) is 13.1 Å². The molecule has 0 spiro atoms. The molecule has 0 saturated carbocycles. The molecule has 0 aromatic heterocycles. The average Bonchev–Trinajstić information content (AvgIpc) is 2.88. The highest BCUT2D eigenvalue weighted by Crippen LogP contribution is 2.33. The van der Waals surface area contributed by atoms with E-state index in [1.165, 1.54) is 18.5 Å². The minimum absolute atomic E-state index is 0.0371. The molecule has 1 aromatic carbocycles. The molecule has 2 aliphatic heterocycles. The third-order valence-corrected chi connectivity index (χ3v) is 3.89. The number of para-hydroxylation sites is 1. The third-order valence-electron chi connectivity index (χ3n) is 3.89. The van der Waals surface area contributed by atoms with Crippen molar-refractivity contribution in [3.63, 3.8) is 0 Å². The average molecular weight is 230 g/mol. The lowest BCUT2D eigenvalue weighted by Crippen LogP contribution is -2.44. The molecule has 0 N–H and O–H groups in total. The standard InChI is InChI=1S/C14H18N2O/c1-11(17)14-15-9-5-8-13(15)10-16(14)12-6-3-2-4-7-12/h2-4,6-7,13-14H,5,8-10H2,1H3/t13-,14?/m0/s1. The Bertz CT molecular complexity index is 417. The third kappa shape index (κ3) is 1.75. The molecule has 90 valence electrons. The molecular formula is C14H18N2O. The molecule has 2 fully saturated rings. The lowest BCUT2D eigenvalue weighted by molar-refractivity contribution is -0.121. The van der Waals surface area contributed by atoms with Gasteiger partial charge in [-0.15, -0.1) is 0 Å². The lowest BCUT2D eigenvalue weighted by atomic mass is 10.2. The van der Waals surface area contributed by atoms with Gasteiger partial charge in [-0.2, -0.15) is 0 Å². The molecule has 0 amide bonds. The summed E-state index contributed by atoms with van der Waals surface area (Å²) in [5.41, 5.74) is 1.17. The highest BCUT2D eigenvalue weighted by Gasteiger charge is 2.43. The fourth-order valence-corrected chi connectivity index (χ4v) is 3.20. The van der Waals surface area contributed by atoms with Gasteiger partial charge in [0.25, 0.3) is 0 Å². The van der Waals surface area contributed by atoms with Crippen LogP contribution in [0.25, 0.3) is 0 Å². The number of hydrogen-bond acceptors (Lipinski definition) is 3. The van der Waals surface area contributed by atoms with Gasteiger partial charge >= 0.3 is 0 Å². The summed E-state index contributed by atoms with van der Waals surface area (Å²) in [4.78, 5) is 16.5. The van der Waals surface area contributed by atoms with Crippen LogP contribution in [0.15, 0.2) is 30.3 Å². The molecule has 0 bridgehead atoms. The van der Waals surface area contributed by atoms with Crippen molar-refractivity contribution in [3.8, 4) is 0 Å². The minimum atomic E-state index is -0.0371. The van der Waals surface area contributed by atoms with Crippen LogP contribution in [0.4, 0.5) is 5.69 Å². The van der Waals surface area contributed by atoms with Crippen LogP contribution in [0.5, 0.6) is 0 Å². The number of nitrogens with zero attached hydrogens (tertiary/aromatic N) is 2. The smallest absolute Gasteiger partial charge is 0.167 e. The Morgan fingerprint density at radius 3 is 2.76 bits per heavy atom. The monoisotopic (exact) mass is 230 g/mol. The van der Waals surface area contributed by atoms with Crippen molar-refractivity contribution < 1.29 is 4.79 Å². The predicted octanol–water partition coefficient (Wildman–Crippen LogP) is 1.89. The Morgan fingerprint density at radius 2 is 2.06 bits per heavy atom. The summed E-state index contributed by atoms with van der Waals surface area (Å²) in [5, 5.41) is 0. The second-order valence-electron chi connectivity index (χ2n) is 5.01. The summed E-state index contributed by atoms with van der Waals surface area (Å²) < 4.78 is 0. The number of rotatable bonds is 2. The number of carbonyl (C=O) groups excluding carboxylic acids is 1. The molecule has 3 heteroatoms. The molecule has 17 heavy (non-hydrogen) atoms. The second kappa shape index (κ2) is 4.15. The van der Waals surface area contributed by atoms with E-state index in [1.54, 1.807) is 6.92 Å². The van der Waals surface area contributed by atoms with Crippen LogP contribution in [0, 0.1) is 0 Å². The number of benzene rings is 1. The maximum absolute atomic E-state index is 11.9. The number of Topliss-reactive ketones (excluding diaryl/α,β-unsaturated/α-hetero) is 1. The fraction of sp³-hybridized carbons (Fsp3) is 0.500. The van der Waals surface area contributed by atoms with Gasteiger partial charge < -0.3 is 4.90 Å². The maximum atomic E-state index is 11.9. The Labute approximate surface area is 102 Å². The van der Waals surface area contributed by atoms with Crippen LogP contribution in [-0.2, 0) is 4.79 Å². The van der Waals surface area contributed by atoms with Crippen molar-refractivity contribution in [2.45, 2.75) is 32.0 Å². The van der Waals surface area contributed by atoms with E-state index in [9.17, 15) is 4.79 Å². The largest absolute Gasteiger partial charge is 0.348 e. The highest BCUT2D eigenvalue weighted by molar-refractivity contribution is 5.85. The van der Waals surface area contributed by atoms with Gasteiger partial charge in [0.15, 0.2) is 5.78 Å². The molecule has 3 rings (SSSR count). The molecule has 1 unspecified atom stereocenters. The molecule has 2 saturated heterocycles. The molecule has 0 aliphatic carbocycles. The summed E-state index contributed by atoms with van der Waals surface area (Å²) in [6.07, 6.45) is 2.43. The summed E-state index contributed by atoms with van der Waals surface area (Å²) >= 11 is 0. The SMILES string of the molecule is CC(=O)C1N(c2ccccc2)C[C@@H]2CCCN12. The Kier molecular flexibility index (Phi) is 2.63. The van der Waals surface area contributed by atoms with Gasteiger partial charge in [0.05, 0.1) is 0 Å². The maximum Gasteiger partial charge on any atom is 0.167 e. The quantitative estimate of drug-likeness (QED) is 0.775. The fourth-order valence-electron chi connectivity index (χ4n) is 3.20. The van der Waals surface area contributed by atoms with E-state index in [1.807, 2.05) is 18.2 Å². The first-order chi connectivity index (χ1) is 8.27. The van der Waals surface area contributed by atoms with Gasteiger partial charge in [0, 0.05) is 24.8 Å². The summed E-state index contributed by atoms with van der Waals surface area (Å²) in [6.45, 7) is 3.77. The number of ketones is 1. The first kappa shape index (κ1) is 10.8. The molecule has 2 aliphatic rings. The summed E-state index contributed by atoms with van der Waals surface area (Å²) in [5.74, 6) is 0.262. The second-order valence-corrected chi connectivity index (χ2v) is 5.01. The molecular weight excluding hydrogens is 212 g/mol. The normalized spacial score (nSPS) is 28.4. The van der Waals surface area contributed by atoms with Crippen LogP contribution >= 0.6 is 0 Å². The Hall–Kier alpha value is -1.35. The predicted molar refractivity (Wildman–Crippen MR) is 68.0 cm³/mol. The van der Waals surface area contributed by atoms with E-state index >= 15 is 0 Å². The van der Waals surface area contributed by atoms with E-state index in [0.29, 0.717) is 6.04 Å². The van der Waals surface area contributed by atoms with E-state index in [-0.39, 0.29) is 11.9 Å². The van der Waals surface area contributed by atoms with Crippen molar-refractivity contribution >= 4 is 11.5 Å². The zero-order chi connectivity index (χ0) is 11.8. The molecule has 1 aromatic rings. The van der Waals surface area contributed by atoms with Gasteiger partial charge in [-0.05, 0) is 31.9 Å². The van der Waals surface area contributed by atoms with Gasteiger partial charge in [0.2, 0.25) is 0 Å². The van der Waals surface area contributed by atoms with Crippen molar-refractivity contribution in [1.82, 2.24) is 4.90 Å². The summed E-state index contributed by atoms with van der Waals surface area (Å²) in [6, 6.07) is 10.9. The van der Waals surface area contributed by atoms with Gasteiger partial charge in [-0.1, -0.05) is 18.2 Å². The molecule has 3 nitrogen and oxygen atoms in total. The van der Waals surface area contributed by atoms with Gasteiger partial charge in [-0.25, -0.2) is 0 Å². The number of fused-ring (bicyclic) bond motifs is 1. The van der Waals surface area contributed by atoms with Crippen molar-refractivity contribution in [2.75, 3.05) is 18.0 Å². The Balaban J connectivity index is 1.92. The molecule has 2 atom stereocenters. The number of anilines is 1. The minimum Gasteiger partial charge on any atom is -0.348 e.